The second-order valence-electron chi connectivity index (χ2n) is 4.92. The molecule has 1 aromatic carbocycles. The first kappa shape index (κ1) is 16.2. The van der Waals surface area contributed by atoms with E-state index >= 15 is 0 Å². The van der Waals surface area contributed by atoms with Crippen LogP contribution in [0.4, 0.5) is 10.5 Å². The van der Waals surface area contributed by atoms with Gasteiger partial charge in [-0.3, -0.25) is 0 Å². The molecule has 0 aromatic heterocycles. The highest BCUT2D eigenvalue weighted by atomic mass is 35.5. The average Bonchev–Trinajstić information content (AvgIpc) is 2.78. The zero-order valence-corrected chi connectivity index (χ0v) is 13.3. The lowest BCUT2D eigenvalue weighted by molar-refractivity contribution is -0.142. The molecular formula is C13H13Cl3N2O3. The molecule has 1 aliphatic heterocycles. The monoisotopic (exact) mass is 350 g/mol. The molecule has 21 heavy (non-hydrogen) atoms. The van der Waals surface area contributed by atoms with Crippen LogP contribution < -0.4 is 5.32 Å². The lowest BCUT2D eigenvalue weighted by Gasteiger charge is -2.24. The van der Waals surface area contributed by atoms with Crippen molar-refractivity contribution < 1.29 is 14.7 Å². The van der Waals surface area contributed by atoms with E-state index in [1.54, 1.807) is 6.92 Å². The summed E-state index contributed by atoms with van der Waals surface area (Å²) >= 11 is 17.7. The molecule has 2 atom stereocenters. The number of carboxylic acids is 1. The minimum atomic E-state index is -1.02. The third-order valence-electron chi connectivity index (χ3n) is 3.47. The first-order valence-corrected chi connectivity index (χ1v) is 7.39. The highest BCUT2D eigenvalue weighted by molar-refractivity contribution is 6.44. The number of nitrogens with one attached hydrogen (secondary N) is 1. The molecule has 114 valence electrons. The number of aliphatic carboxylic acids is 1. The Kier molecular flexibility index (Phi) is 4.86. The van der Waals surface area contributed by atoms with Crippen LogP contribution in [-0.4, -0.2) is 34.6 Å². The number of hydrogen-bond donors (Lipinski definition) is 2. The number of likely N-dealkylation sites (tertiary alicyclic amines) is 1. The molecule has 0 aliphatic carbocycles. The number of carboxylic acid groups (broad SMARTS) is 1. The van der Waals surface area contributed by atoms with Gasteiger partial charge in [0.15, 0.2) is 0 Å². The minimum absolute atomic E-state index is 0.0995. The van der Waals surface area contributed by atoms with Gasteiger partial charge in [0, 0.05) is 6.54 Å². The van der Waals surface area contributed by atoms with E-state index in [0.717, 1.165) is 0 Å². The number of benzene rings is 1. The van der Waals surface area contributed by atoms with Crippen LogP contribution in [0.5, 0.6) is 0 Å². The molecule has 0 saturated carbocycles. The summed E-state index contributed by atoms with van der Waals surface area (Å²) in [5.41, 5.74) is 0.291. The predicted molar refractivity (Wildman–Crippen MR) is 82.4 cm³/mol. The van der Waals surface area contributed by atoms with Crippen molar-refractivity contribution in [2.75, 3.05) is 11.9 Å². The first-order valence-electron chi connectivity index (χ1n) is 6.26. The van der Waals surface area contributed by atoms with E-state index in [1.807, 2.05) is 0 Å². The van der Waals surface area contributed by atoms with Gasteiger partial charge >= 0.3 is 12.0 Å². The molecule has 1 heterocycles. The van der Waals surface area contributed by atoms with E-state index in [4.69, 9.17) is 34.8 Å². The number of nitrogens with zero attached hydrogens (tertiary/aromatic N) is 1. The summed E-state index contributed by atoms with van der Waals surface area (Å²) in [4.78, 5) is 24.8. The maximum absolute atomic E-state index is 12.2. The Morgan fingerprint density at radius 3 is 2.48 bits per heavy atom. The molecule has 1 aliphatic rings. The zero-order valence-electron chi connectivity index (χ0n) is 11.1. The van der Waals surface area contributed by atoms with E-state index in [0.29, 0.717) is 18.7 Å². The quantitative estimate of drug-likeness (QED) is 0.792. The normalized spacial score (nSPS) is 21.4. The SMILES string of the molecule is CC1CCN(C(=O)Nc2cc(Cl)c(Cl)cc2Cl)C1C(=O)O. The highest BCUT2D eigenvalue weighted by Crippen LogP contribution is 2.33. The van der Waals surface area contributed by atoms with Gasteiger partial charge in [0.25, 0.3) is 0 Å². The Labute approximate surface area is 136 Å². The fourth-order valence-corrected chi connectivity index (χ4v) is 2.95. The van der Waals surface area contributed by atoms with Gasteiger partial charge in [0.2, 0.25) is 0 Å². The minimum Gasteiger partial charge on any atom is -0.480 e. The van der Waals surface area contributed by atoms with Gasteiger partial charge in [0.1, 0.15) is 6.04 Å². The highest BCUT2D eigenvalue weighted by Gasteiger charge is 2.39. The maximum Gasteiger partial charge on any atom is 0.326 e. The van der Waals surface area contributed by atoms with Crippen molar-refractivity contribution in [2.45, 2.75) is 19.4 Å². The van der Waals surface area contributed by atoms with Gasteiger partial charge in [0.05, 0.1) is 20.8 Å². The molecule has 2 unspecified atom stereocenters. The van der Waals surface area contributed by atoms with Crippen LogP contribution in [0.3, 0.4) is 0 Å². The van der Waals surface area contributed by atoms with Gasteiger partial charge in [-0.15, -0.1) is 0 Å². The number of hydrogen-bond acceptors (Lipinski definition) is 2. The Morgan fingerprint density at radius 1 is 1.24 bits per heavy atom. The van der Waals surface area contributed by atoms with Crippen molar-refractivity contribution in [1.82, 2.24) is 4.90 Å². The summed E-state index contributed by atoms with van der Waals surface area (Å²) in [7, 11) is 0. The largest absolute Gasteiger partial charge is 0.480 e. The van der Waals surface area contributed by atoms with E-state index < -0.39 is 18.0 Å². The fraction of sp³-hybridized carbons (Fsp3) is 0.385. The molecule has 1 fully saturated rings. The van der Waals surface area contributed by atoms with Crippen LogP contribution in [-0.2, 0) is 4.79 Å². The van der Waals surface area contributed by atoms with Crippen LogP contribution in [0.2, 0.25) is 15.1 Å². The molecule has 1 saturated heterocycles. The van der Waals surface area contributed by atoms with Crippen LogP contribution >= 0.6 is 34.8 Å². The lowest BCUT2D eigenvalue weighted by Crippen LogP contribution is -2.44. The molecule has 2 amide bonds. The van der Waals surface area contributed by atoms with E-state index in [-0.39, 0.29) is 21.0 Å². The maximum atomic E-state index is 12.2. The Morgan fingerprint density at radius 2 is 1.86 bits per heavy atom. The summed E-state index contributed by atoms with van der Waals surface area (Å²) in [5.74, 6) is -1.12. The molecule has 5 nitrogen and oxygen atoms in total. The van der Waals surface area contributed by atoms with Gasteiger partial charge in [-0.05, 0) is 24.5 Å². The molecule has 2 rings (SSSR count). The Bertz CT molecular complexity index is 594. The standard InChI is InChI=1S/C13H13Cl3N2O3/c1-6-2-3-18(11(6)12(19)20)13(21)17-10-5-8(15)7(14)4-9(10)16/h4-6,11H,2-3H2,1H3,(H,17,21)(H,19,20). The van der Waals surface area contributed by atoms with Crippen molar-refractivity contribution in [3.8, 4) is 0 Å². The number of carbonyl (C=O) groups excluding carboxylic acids is 1. The zero-order chi connectivity index (χ0) is 15.7. The van der Waals surface area contributed by atoms with Gasteiger partial charge in [-0.25, -0.2) is 9.59 Å². The van der Waals surface area contributed by atoms with Crippen LogP contribution in [0.25, 0.3) is 0 Å². The van der Waals surface area contributed by atoms with E-state index in [9.17, 15) is 14.7 Å². The number of halogens is 3. The summed E-state index contributed by atoms with van der Waals surface area (Å²) in [5, 5.41) is 12.6. The lowest BCUT2D eigenvalue weighted by atomic mass is 10.0. The van der Waals surface area contributed by atoms with Crippen molar-refractivity contribution in [1.29, 1.82) is 0 Å². The second-order valence-corrected chi connectivity index (χ2v) is 6.14. The number of amides is 2. The number of urea groups is 1. The summed E-state index contributed by atoms with van der Waals surface area (Å²) in [6, 6.07) is 1.49. The smallest absolute Gasteiger partial charge is 0.326 e. The molecule has 0 spiro atoms. The van der Waals surface area contributed by atoms with Crippen molar-refractivity contribution >= 4 is 52.5 Å². The summed E-state index contributed by atoms with van der Waals surface area (Å²) < 4.78 is 0. The van der Waals surface area contributed by atoms with Crippen LogP contribution in [0, 0.1) is 5.92 Å². The van der Waals surface area contributed by atoms with E-state index in [1.165, 1.54) is 17.0 Å². The molecule has 1 aromatic rings. The third kappa shape index (κ3) is 3.36. The van der Waals surface area contributed by atoms with Gasteiger partial charge < -0.3 is 15.3 Å². The fourth-order valence-electron chi connectivity index (χ4n) is 2.36. The number of carbonyl (C=O) groups is 2. The third-order valence-corrected chi connectivity index (χ3v) is 4.50. The molecule has 8 heteroatoms. The number of anilines is 1. The molecular weight excluding hydrogens is 339 g/mol. The van der Waals surface area contributed by atoms with Crippen LogP contribution in [0.15, 0.2) is 12.1 Å². The Hall–Kier alpha value is -1.17. The topological polar surface area (TPSA) is 69.6 Å². The van der Waals surface area contributed by atoms with Gasteiger partial charge in [-0.2, -0.15) is 0 Å². The first-order chi connectivity index (χ1) is 9.81. The summed E-state index contributed by atoms with van der Waals surface area (Å²) in [6.45, 7) is 2.18. The molecule has 0 bridgehead atoms. The van der Waals surface area contributed by atoms with Gasteiger partial charge in [-0.1, -0.05) is 41.7 Å². The second kappa shape index (κ2) is 6.30. The summed E-state index contributed by atoms with van der Waals surface area (Å²) in [6.07, 6.45) is 0.638. The predicted octanol–water partition coefficient (Wildman–Crippen LogP) is 3.97. The molecule has 2 N–H and O–H groups in total. The van der Waals surface area contributed by atoms with Crippen molar-refractivity contribution in [3.63, 3.8) is 0 Å². The van der Waals surface area contributed by atoms with Crippen LogP contribution in [0.1, 0.15) is 13.3 Å². The van der Waals surface area contributed by atoms with Crippen molar-refractivity contribution in [3.05, 3.63) is 27.2 Å². The molecule has 0 radical (unpaired) electrons. The number of rotatable bonds is 2. The Balaban J connectivity index is 2.18. The average molecular weight is 352 g/mol. The van der Waals surface area contributed by atoms with E-state index in [2.05, 4.69) is 5.32 Å². The van der Waals surface area contributed by atoms with Crippen molar-refractivity contribution in [2.24, 2.45) is 5.92 Å².